The van der Waals surface area contributed by atoms with Crippen molar-refractivity contribution in [3.05, 3.63) is 35.9 Å². The molecule has 23 heavy (non-hydrogen) atoms. The van der Waals surface area contributed by atoms with Crippen LogP contribution in [-0.4, -0.2) is 29.3 Å². The van der Waals surface area contributed by atoms with E-state index in [-0.39, 0.29) is 29.8 Å². The Balaban J connectivity index is 1.57. The van der Waals surface area contributed by atoms with Crippen LogP contribution in [0.2, 0.25) is 0 Å². The van der Waals surface area contributed by atoms with Crippen LogP contribution in [0.15, 0.2) is 30.3 Å². The largest absolute Gasteiger partial charge is 0.352 e. The van der Waals surface area contributed by atoms with Crippen molar-refractivity contribution in [1.82, 2.24) is 10.2 Å². The zero-order valence-corrected chi connectivity index (χ0v) is 13.5. The van der Waals surface area contributed by atoms with E-state index in [2.05, 4.69) is 17.4 Å². The zero-order valence-electron chi connectivity index (χ0n) is 13.5. The fourth-order valence-corrected chi connectivity index (χ4v) is 4.38. The van der Waals surface area contributed by atoms with Crippen LogP contribution in [0.4, 0.5) is 0 Å². The number of rotatable bonds is 4. The molecule has 1 N–H and O–H groups in total. The summed E-state index contributed by atoms with van der Waals surface area (Å²) in [6.07, 6.45) is 7.54. The van der Waals surface area contributed by atoms with Crippen LogP contribution in [0.25, 0.3) is 0 Å². The van der Waals surface area contributed by atoms with Gasteiger partial charge in [0.05, 0.1) is 11.5 Å². The summed E-state index contributed by atoms with van der Waals surface area (Å²) in [5.41, 5.74) is 0.924. The smallest absolute Gasteiger partial charge is 0.239 e. The monoisotopic (exact) mass is 312 g/mol. The SMILES string of the molecule is O=C(CN1C(=O)C2(CCCCC2)C1c1ccccc1)NC1CC1. The van der Waals surface area contributed by atoms with Crippen molar-refractivity contribution in [2.45, 2.75) is 57.0 Å². The molecule has 3 fully saturated rings. The highest BCUT2D eigenvalue weighted by Gasteiger charge is 2.60. The van der Waals surface area contributed by atoms with E-state index < -0.39 is 0 Å². The number of hydrogen-bond acceptors (Lipinski definition) is 2. The van der Waals surface area contributed by atoms with Gasteiger partial charge in [0, 0.05) is 6.04 Å². The first kappa shape index (κ1) is 14.7. The van der Waals surface area contributed by atoms with Crippen LogP contribution in [0.1, 0.15) is 56.6 Å². The van der Waals surface area contributed by atoms with Gasteiger partial charge in [-0.15, -0.1) is 0 Å². The van der Waals surface area contributed by atoms with E-state index >= 15 is 0 Å². The number of β-lactam (4-membered cyclic amide) rings is 1. The normalized spacial score (nSPS) is 26.0. The molecule has 0 bridgehead atoms. The Kier molecular flexibility index (Phi) is 3.63. The average molecular weight is 312 g/mol. The predicted octanol–water partition coefficient (Wildman–Crippen LogP) is 2.80. The minimum Gasteiger partial charge on any atom is -0.352 e. The first-order valence-electron chi connectivity index (χ1n) is 8.86. The number of carbonyl (C=O) groups excluding carboxylic acids is 2. The van der Waals surface area contributed by atoms with Crippen LogP contribution in [0.5, 0.6) is 0 Å². The zero-order chi connectivity index (χ0) is 15.9. The molecule has 2 amide bonds. The first-order chi connectivity index (χ1) is 11.2. The van der Waals surface area contributed by atoms with Gasteiger partial charge in [0.15, 0.2) is 0 Å². The first-order valence-corrected chi connectivity index (χ1v) is 8.86. The Bertz CT molecular complexity index is 603. The second-order valence-electron chi connectivity index (χ2n) is 7.30. The van der Waals surface area contributed by atoms with Crippen LogP contribution in [0, 0.1) is 5.41 Å². The van der Waals surface area contributed by atoms with Crippen molar-refractivity contribution in [3.63, 3.8) is 0 Å². The Morgan fingerprint density at radius 1 is 1.13 bits per heavy atom. The van der Waals surface area contributed by atoms with Gasteiger partial charge in [-0.05, 0) is 31.2 Å². The molecule has 0 radical (unpaired) electrons. The van der Waals surface area contributed by atoms with E-state index in [1.165, 1.54) is 12.0 Å². The van der Waals surface area contributed by atoms with Crippen molar-refractivity contribution in [2.75, 3.05) is 6.54 Å². The number of benzene rings is 1. The molecule has 0 aromatic heterocycles. The molecule has 1 unspecified atom stereocenters. The Morgan fingerprint density at radius 3 is 2.48 bits per heavy atom. The Morgan fingerprint density at radius 2 is 1.83 bits per heavy atom. The summed E-state index contributed by atoms with van der Waals surface area (Å²) in [6, 6.07) is 10.7. The summed E-state index contributed by atoms with van der Waals surface area (Å²) >= 11 is 0. The van der Waals surface area contributed by atoms with Crippen LogP contribution in [-0.2, 0) is 9.59 Å². The highest BCUT2D eigenvalue weighted by atomic mass is 16.2. The molecule has 2 aliphatic carbocycles. The lowest BCUT2D eigenvalue weighted by Crippen LogP contribution is -2.65. The van der Waals surface area contributed by atoms with Gasteiger partial charge in [-0.25, -0.2) is 0 Å². The summed E-state index contributed by atoms with van der Waals surface area (Å²) in [4.78, 5) is 26.9. The van der Waals surface area contributed by atoms with Gasteiger partial charge in [-0.2, -0.15) is 0 Å². The maximum Gasteiger partial charge on any atom is 0.239 e. The standard InChI is InChI=1S/C19H24N2O2/c22-16(20-15-9-10-15)13-21-17(14-7-3-1-4-8-14)19(18(21)23)11-5-2-6-12-19/h1,3-4,7-8,15,17H,2,5-6,9-13H2,(H,20,22). The van der Waals surface area contributed by atoms with Gasteiger partial charge < -0.3 is 10.2 Å². The quantitative estimate of drug-likeness (QED) is 0.869. The molecular weight excluding hydrogens is 288 g/mol. The van der Waals surface area contributed by atoms with E-state index in [9.17, 15) is 9.59 Å². The number of nitrogens with one attached hydrogen (secondary N) is 1. The summed E-state index contributed by atoms with van der Waals surface area (Å²) in [6.45, 7) is 0.205. The third-order valence-corrected chi connectivity index (χ3v) is 5.64. The predicted molar refractivity (Wildman–Crippen MR) is 87.6 cm³/mol. The van der Waals surface area contributed by atoms with Crippen molar-refractivity contribution < 1.29 is 9.59 Å². The molecule has 1 spiro atoms. The van der Waals surface area contributed by atoms with E-state index in [0.29, 0.717) is 6.04 Å². The van der Waals surface area contributed by atoms with Gasteiger partial charge in [-0.3, -0.25) is 9.59 Å². The molecule has 1 aromatic carbocycles. The minimum absolute atomic E-state index is 0.00700. The lowest BCUT2D eigenvalue weighted by Gasteiger charge is -2.58. The van der Waals surface area contributed by atoms with Crippen LogP contribution >= 0.6 is 0 Å². The highest BCUT2D eigenvalue weighted by molar-refractivity contribution is 5.94. The lowest BCUT2D eigenvalue weighted by atomic mass is 9.60. The molecule has 1 saturated heterocycles. The molecule has 2 saturated carbocycles. The minimum atomic E-state index is -0.251. The summed E-state index contributed by atoms with van der Waals surface area (Å²) in [5.74, 6) is 0.185. The molecule has 122 valence electrons. The van der Waals surface area contributed by atoms with E-state index in [1.54, 1.807) is 4.90 Å². The number of carbonyl (C=O) groups is 2. The Labute approximate surface area is 137 Å². The van der Waals surface area contributed by atoms with Gasteiger partial charge in [0.25, 0.3) is 0 Å². The molecule has 1 heterocycles. The third-order valence-electron chi connectivity index (χ3n) is 5.64. The molecule has 3 aliphatic rings. The molecule has 4 rings (SSSR count). The van der Waals surface area contributed by atoms with Crippen LogP contribution in [0.3, 0.4) is 0 Å². The molecule has 1 aromatic rings. The summed E-state index contributed by atoms with van der Waals surface area (Å²) in [7, 11) is 0. The third kappa shape index (κ3) is 2.54. The number of hydrogen-bond donors (Lipinski definition) is 1. The van der Waals surface area contributed by atoms with Gasteiger partial charge in [0.1, 0.15) is 6.54 Å². The lowest BCUT2D eigenvalue weighted by molar-refractivity contribution is -0.180. The maximum atomic E-state index is 12.9. The van der Waals surface area contributed by atoms with E-state index in [1.807, 2.05) is 18.2 Å². The van der Waals surface area contributed by atoms with Crippen LogP contribution < -0.4 is 5.32 Å². The Hall–Kier alpha value is -1.84. The fourth-order valence-electron chi connectivity index (χ4n) is 4.38. The topological polar surface area (TPSA) is 49.4 Å². The molecule has 1 aliphatic heterocycles. The number of likely N-dealkylation sites (tertiary alicyclic amines) is 1. The van der Waals surface area contributed by atoms with Crippen molar-refractivity contribution >= 4 is 11.8 Å². The van der Waals surface area contributed by atoms with Gasteiger partial charge >= 0.3 is 0 Å². The molecule has 4 heteroatoms. The van der Waals surface area contributed by atoms with Crippen molar-refractivity contribution in [2.24, 2.45) is 5.41 Å². The number of nitrogens with zero attached hydrogens (tertiary/aromatic N) is 1. The van der Waals surface area contributed by atoms with Gasteiger partial charge in [-0.1, -0.05) is 49.6 Å². The van der Waals surface area contributed by atoms with Gasteiger partial charge in [0.2, 0.25) is 11.8 Å². The molecule has 4 nitrogen and oxygen atoms in total. The second-order valence-corrected chi connectivity index (χ2v) is 7.30. The highest BCUT2D eigenvalue weighted by Crippen LogP contribution is 2.57. The van der Waals surface area contributed by atoms with E-state index in [4.69, 9.17) is 0 Å². The molecule has 1 atom stereocenters. The summed E-state index contributed by atoms with van der Waals surface area (Å²) < 4.78 is 0. The van der Waals surface area contributed by atoms with E-state index in [0.717, 1.165) is 38.5 Å². The average Bonchev–Trinajstić information content (AvgIpc) is 3.39. The van der Waals surface area contributed by atoms with Crippen molar-refractivity contribution in [3.8, 4) is 0 Å². The second kappa shape index (κ2) is 5.66. The van der Waals surface area contributed by atoms with Crippen molar-refractivity contribution in [1.29, 1.82) is 0 Å². The fraction of sp³-hybridized carbons (Fsp3) is 0.579. The number of amides is 2. The summed E-state index contributed by atoms with van der Waals surface area (Å²) in [5, 5.41) is 3.00. The maximum absolute atomic E-state index is 12.9. The molecular formula is C19H24N2O2.